The van der Waals surface area contributed by atoms with E-state index in [1.807, 2.05) is 72.9 Å². The molecule has 27 heavy (non-hydrogen) atoms. The van der Waals surface area contributed by atoms with E-state index in [4.69, 9.17) is 9.47 Å². The van der Waals surface area contributed by atoms with Crippen LogP contribution in [0.3, 0.4) is 0 Å². The number of ether oxygens (including phenoxy) is 2. The van der Waals surface area contributed by atoms with Gasteiger partial charge in [0.15, 0.2) is 0 Å². The molecular weight excluding hydrogens is 400 g/mol. The Morgan fingerprint density at radius 2 is 1.33 bits per heavy atom. The van der Waals surface area contributed by atoms with E-state index in [0.717, 1.165) is 34.6 Å². The summed E-state index contributed by atoms with van der Waals surface area (Å²) in [6.07, 6.45) is 32.8. The summed E-state index contributed by atoms with van der Waals surface area (Å²) in [7, 11) is 0. The molecule has 0 radical (unpaired) electrons. The Balaban J connectivity index is 1.77. The van der Waals surface area contributed by atoms with E-state index in [1.54, 1.807) is 0 Å². The molecule has 1 saturated carbocycles. The molecule has 0 heterocycles. The van der Waals surface area contributed by atoms with E-state index in [2.05, 4.69) is 15.9 Å². The topological polar surface area (TPSA) is 18.5 Å². The Morgan fingerprint density at radius 1 is 0.704 bits per heavy atom. The highest BCUT2D eigenvalue weighted by atomic mass is 79.9. The molecule has 0 aromatic heterocycles. The monoisotopic (exact) mass is 426 g/mol. The van der Waals surface area contributed by atoms with Gasteiger partial charge in [0.05, 0.1) is 6.10 Å². The highest BCUT2D eigenvalue weighted by molar-refractivity contribution is 9.12. The second kappa shape index (κ2) is 11.0. The van der Waals surface area contributed by atoms with Crippen molar-refractivity contribution in [3.05, 3.63) is 94.7 Å². The number of rotatable bonds is 4. The summed E-state index contributed by atoms with van der Waals surface area (Å²) in [6.45, 7) is 0. The maximum atomic E-state index is 6.41. The molecule has 0 amide bonds. The number of hydrogen-bond acceptors (Lipinski definition) is 2. The fraction of sp³-hybridized carbons (Fsp3) is 0.333. The first-order chi connectivity index (χ1) is 13.3. The van der Waals surface area contributed by atoms with Crippen molar-refractivity contribution in [3.8, 4) is 0 Å². The van der Waals surface area contributed by atoms with Crippen molar-refractivity contribution < 1.29 is 9.47 Å². The first-order valence-electron chi connectivity index (χ1n) is 9.84. The van der Waals surface area contributed by atoms with Crippen LogP contribution in [0.5, 0.6) is 0 Å². The highest BCUT2D eigenvalue weighted by Crippen LogP contribution is 2.31. The van der Waals surface area contributed by atoms with Gasteiger partial charge in [-0.3, -0.25) is 0 Å². The molecule has 3 aliphatic rings. The third-order valence-electron chi connectivity index (χ3n) is 4.69. The predicted octanol–water partition coefficient (Wildman–Crippen LogP) is 7.32. The molecule has 3 aliphatic carbocycles. The van der Waals surface area contributed by atoms with Gasteiger partial charge in [0.2, 0.25) is 0 Å². The average molecular weight is 427 g/mol. The van der Waals surface area contributed by atoms with Gasteiger partial charge in [-0.2, -0.15) is 0 Å². The van der Waals surface area contributed by atoms with Crippen molar-refractivity contribution in [3.63, 3.8) is 0 Å². The van der Waals surface area contributed by atoms with Crippen LogP contribution in [0.1, 0.15) is 44.9 Å². The fourth-order valence-electron chi connectivity index (χ4n) is 3.25. The SMILES string of the molecule is BrC1=C(OC2=C/C=C\C=C/C=C2)/C=C\C=C/C=C1OC1CCCCCCC1. The van der Waals surface area contributed by atoms with Gasteiger partial charge in [0.1, 0.15) is 21.8 Å². The molecule has 0 atom stereocenters. The summed E-state index contributed by atoms with van der Waals surface area (Å²) in [4.78, 5) is 0. The van der Waals surface area contributed by atoms with Gasteiger partial charge >= 0.3 is 0 Å². The lowest BCUT2D eigenvalue weighted by atomic mass is 9.98. The molecule has 0 aromatic rings. The minimum absolute atomic E-state index is 0.274. The summed E-state index contributed by atoms with van der Waals surface area (Å²) in [5.41, 5.74) is 0. The molecule has 0 aromatic carbocycles. The Labute approximate surface area is 171 Å². The fourth-order valence-corrected chi connectivity index (χ4v) is 3.69. The molecule has 0 N–H and O–H groups in total. The average Bonchev–Trinajstić information content (AvgIpc) is 2.61. The lowest BCUT2D eigenvalue weighted by molar-refractivity contribution is 0.0977. The van der Waals surface area contributed by atoms with Gasteiger partial charge in [-0.05, 0) is 65.9 Å². The molecule has 2 nitrogen and oxygen atoms in total. The maximum absolute atomic E-state index is 6.41. The van der Waals surface area contributed by atoms with Crippen LogP contribution in [0, 0.1) is 0 Å². The van der Waals surface area contributed by atoms with Crippen LogP contribution in [-0.4, -0.2) is 6.10 Å². The summed E-state index contributed by atoms with van der Waals surface area (Å²) in [5, 5.41) is 0. The standard InChI is InChI=1S/C24H27BrO2/c25-24-22(26-20-14-8-3-1-4-9-15-20)18-12-7-13-19-23(24)27-21-16-10-5-2-6-11-17-21/h1,3-4,7-9,12-15,18-19,21H,2,5-6,10-11,16-17H2/b3-1-,4-1?,8-3?,9-4-,12-7?,13-7-,14-8?,15-9?,18-12-,19-13?,20-14?,20-15?,22-18?,23-19?,24-22?,24-23?. The first-order valence-corrected chi connectivity index (χ1v) is 10.6. The van der Waals surface area contributed by atoms with Crippen LogP contribution in [0.25, 0.3) is 0 Å². The first kappa shape index (κ1) is 19.8. The van der Waals surface area contributed by atoms with Gasteiger partial charge in [-0.25, -0.2) is 0 Å². The van der Waals surface area contributed by atoms with E-state index in [1.165, 1.54) is 32.1 Å². The summed E-state index contributed by atoms with van der Waals surface area (Å²) < 4.78 is 13.4. The zero-order valence-corrected chi connectivity index (χ0v) is 17.2. The lowest BCUT2D eigenvalue weighted by Gasteiger charge is -2.23. The summed E-state index contributed by atoms with van der Waals surface area (Å²) >= 11 is 3.72. The molecule has 3 heteroatoms. The quantitative estimate of drug-likeness (QED) is 0.468. The van der Waals surface area contributed by atoms with E-state index in [9.17, 15) is 0 Å². The Morgan fingerprint density at radius 3 is 2.19 bits per heavy atom. The molecule has 142 valence electrons. The zero-order chi connectivity index (χ0) is 18.7. The summed E-state index contributed by atoms with van der Waals surface area (Å²) in [6, 6.07) is 0. The molecule has 0 aliphatic heterocycles. The lowest BCUT2D eigenvalue weighted by Crippen LogP contribution is -2.15. The molecule has 0 unspecified atom stereocenters. The summed E-state index contributed by atoms with van der Waals surface area (Å²) in [5.74, 6) is 2.36. The Hall–Kier alpha value is -2.00. The molecule has 0 spiro atoms. The Bertz CT molecular complexity index is 736. The van der Waals surface area contributed by atoms with Crippen molar-refractivity contribution in [2.75, 3.05) is 0 Å². The van der Waals surface area contributed by atoms with E-state index < -0.39 is 0 Å². The predicted molar refractivity (Wildman–Crippen MR) is 116 cm³/mol. The minimum Gasteiger partial charge on any atom is -0.489 e. The van der Waals surface area contributed by atoms with E-state index in [0.29, 0.717) is 0 Å². The van der Waals surface area contributed by atoms with Gasteiger partial charge in [0, 0.05) is 0 Å². The molecular formula is C24H27BrO2. The van der Waals surface area contributed by atoms with Crippen LogP contribution in [0.4, 0.5) is 0 Å². The normalized spacial score (nSPS) is 26.1. The van der Waals surface area contributed by atoms with Gasteiger partial charge < -0.3 is 9.47 Å². The van der Waals surface area contributed by atoms with E-state index in [-0.39, 0.29) is 6.10 Å². The van der Waals surface area contributed by atoms with Crippen molar-refractivity contribution in [1.29, 1.82) is 0 Å². The van der Waals surface area contributed by atoms with Gasteiger partial charge in [0.25, 0.3) is 0 Å². The van der Waals surface area contributed by atoms with Gasteiger partial charge in [-0.1, -0.05) is 67.9 Å². The van der Waals surface area contributed by atoms with Crippen molar-refractivity contribution in [2.24, 2.45) is 0 Å². The van der Waals surface area contributed by atoms with Crippen LogP contribution in [0.15, 0.2) is 94.7 Å². The largest absolute Gasteiger partial charge is 0.489 e. The minimum atomic E-state index is 0.274. The van der Waals surface area contributed by atoms with Crippen LogP contribution < -0.4 is 0 Å². The van der Waals surface area contributed by atoms with E-state index >= 15 is 0 Å². The smallest absolute Gasteiger partial charge is 0.145 e. The highest BCUT2D eigenvalue weighted by Gasteiger charge is 2.18. The van der Waals surface area contributed by atoms with Crippen molar-refractivity contribution >= 4 is 15.9 Å². The molecule has 1 fully saturated rings. The van der Waals surface area contributed by atoms with Crippen LogP contribution >= 0.6 is 15.9 Å². The second-order valence-corrected chi connectivity index (χ2v) is 7.63. The molecule has 0 bridgehead atoms. The third-order valence-corrected chi connectivity index (χ3v) is 5.47. The maximum Gasteiger partial charge on any atom is 0.145 e. The second-order valence-electron chi connectivity index (χ2n) is 6.84. The molecule has 3 rings (SSSR count). The number of allylic oxidation sites excluding steroid dienone is 13. The number of hydrogen-bond donors (Lipinski definition) is 0. The molecule has 0 saturated heterocycles. The number of halogens is 1. The van der Waals surface area contributed by atoms with Crippen molar-refractivity contribution in [1.82, 2.24) is 0 Å². The Kier molecular flexibility index (Phi) is 8.03. The van der Waals surface area contributed by atoms with Crippen molar-refractivity contribution in [2.45, 2.75) is 51.0 Å². The van der Waals surface area contributed by atoms with Crippen LogP contribution in [-0.2, 0) is 9.47 Å². The zero-order valence-electron chi connectivity index (χ0n) is 15.6. The van der Waals surface area contributed by atoms with Gasteiger partial charge in [-0.15, -0.1) is 0 Å². The van der Waals surface area contributed by atoms with Crippen LogP contribution in [0.2, 0.25) is 0 Å². The third kappa shape index (κ3) is 6.59.